The molecule has 0 aliphatic heterocycles. The number of nitrogens with one attached hydrogen (secondary N) is 2. The summed E-state index contributed by atoms with van der Waals surface area (Å²) in [6.07, 6.45) is -3.48. The van der Waals surface area contributed by atoms with Crippen molar-refractivity contribution in [3.63, 3.8) is 0 Å². The van der Waals surface area contributed by atoms with E-state index in [0.717, 1.165) is 12.3 Å². The first kappa shape index (κ1) is 18.8. The van der Waals surface area contributed by atoms with Gasteiger partial charge in [-0.05, 0) is 18.2 Å². The van der Waals surface area contributed by atoms with E-state index in [-0.39, 0.29) is 11.3 Å². The standard InChI is InChI=1S/C14H13ClF3N3O2/c1-23-5-4-20-8-9(7-19)13(22)21-10-2-3-12(15)11(6-10)14(16,17)18/h2-3,6,8,20H,4-5H2,1H3,(H,21,22)/b9-8-. The van der Waals surface area contributed by atoms with E-state index in [4.69, 9.17) is 21.6 Å². The van der Waals surface area contributed by atoms with E-state index in [0.29, 0.717) is 19.2 Å². The first-order chi connectivity index (χ1) is 10.8. The molecule has 5 nitrogen and oxygen atoms in total. The fourth-order valence-electron chi connectivity index (χ4n) is 1.50. The molecule has 0 saturated carbocycles. The number of anilines is 1. The molecule has 124 valence electrons. The molecule has 1 amide bonds. The normalized spacial score (nSPS) is 11.7. The second kappa shape index (κ2) is 8.41. The van der Waals surface area contributed by atoms with E-state index >= 15 is 0 Å². The lowest BCUT2D eigenvalue weighted by molar-refractivity contribution is -0.137. The molecule has 0 radical (unpaired) electrons. The molecular weight excluding hydrogens is 335 g/mol. The molecule has 0 aliphatic rings. The maximum atomic E-state index is 12.7. The van der Waals surface area contributed by atoms with Gasteiger partial charge in [-0.2, -0.15) is 18.4 Å². The molecule has 2 N–H and O–H groups in total. The second-order valence-electron chi connectivity index (χ2n) is 4.26. The molecule has 0 atom stereocenters. The number of ether oxygens (including phenoxy) is 1. The van der Waals surface area contributed by atoms with Gasteiger partial charge in [0.05, 0.1) is 17.2 Å². The Morgan fingerprint density at radius 2 is 2.17 bits per heavy atom. The predicted molar refractivity (Wildman–Crippen MR) is 78.7 cm³/mol. The molecule has 0 fully saturated rings. The number of alkyl halides is 3. The molecule has 0 saturated heterocycles. The number of amides is 1. The van der Waals surface area contributed by atoms with Crippen LogP contribution in [0.25, 0.3) is 0 Å². The number of nitriles is 1. The van der Waals surface area contributed by atoms with Gasteiger partial charge in [0.25, 0.3) is 5.91 Å². The van der Waals surface area contributed by atoms with Gasteiger partial charge < -0.3 is 15.4 Å². The van der Waals surface area contributed by atoms with Crippen molar-refractivity contribution in [3.05, 3.63) is 40.6 Å². The SMILES string of the molecule is COCCN/C=C(/C#N)C(=O)Nc1ccc(Cl)c(C(F)(F)F)c1. The minimum atomic E-state index is -4.65. The quantitative estimate of drug-likeness (QED) is 0.471. The smallest absolute Gasteiger partial charge is 0.387 e. The van der Waals surface area contributed by atoms with Crippen molar-refractivity contribution in [3.8, 4) is 6.07 Å². The van der Waals surface area contributed by atoms with Crippen LogP contribution >= 0.6 is 11.6 Å². The third-order valence-electron chi connectivity index (χ3n) is 2.59. The van der Waals surface area contributed by atoms with Gasteiger partial charge in [0.15, 0.2) is 0 Å². The fourth-order valence-corrected chi connectivity index (χ4v) is 1.73. The number of hydrogen-bond donors (Lipinski definition) is 2. The molecule has 9 heteroatoms. The lowest BCUT2D eigenvalue weighted by atomic mass is 10.2. The molecular formula is C14H13ClF3N3O2. The van der Waals surface area contributed by atoms with Crippen LogP contribution in [-0.2, 0) is 15.7 Å². The highest BCUT2D eigenvalue weighted by Crippen LogP contribution is 2.36. The molecule has 0 aliphatic carbocycles. The van der Waals surface area contributed by atoms with Crippen LogP contribution in [-0.4, -0.2) is 26.2 Å². The molecule has 0 heterocycles. The highest BCUT2D eigenvalue weighted by Gasteiger charge is 2.33. The topological polar surface area (TPSA) is 74.1 Å². The number of carbonyl (C=O) groups is 1. The van der Waals surface area contributed by atoms with Gasteiger partial charge in [-0.25, -0.2) is 0 Å². The van der Waals surface area contributed by atoms with Gasteiger partial charge >= 0.3 is 6.18 Å². The van der Waals surface area contributed by atoms with E-state index < -0.39 is 22.7 Å². The molecule has 0 spiro atoms. The highest BCUT2D eigenvalue weighted by molar-refractivity contribution is 6.31. The van der Waals surface area contributed by atoms with Crippen LogP contribution in [0.1, 0.15) is 5.56 Å². The van der Waals surface area contributed by atoms with E-state index in [1.54, 1.807) is 6.07 Å². The Morgan fingerprint density at radius 3 is 2.74 bits per heavy atom. The van der Waals surface area contributed by atoms with E-state index in [2.05, 4.69) is 10.6 Å². The van der Waals surface area contributed by atoms with Gasteiger partial charge in [0, 0.05) is 25.5 Å². The van der Waals surface area contributed by atoms with Crippen LogP contribution in [0.15, 0.2) is 30.0 Å². The molecule has 23 heavy (non-hydrogen) atoms. The highest BCUT2D eigenvalue weighted by atomic mass is 35.5. The van der Waals surface area contributed by atoms with Crippen LogP contribution in [0.2, 0.25) is 5.02 Å². The zero-order valence-corrected chi connectivity index (χ0v) is 12.8. The number of benzene rings is 1. The largest absolute Gasteiger partial charge is 0.417 e. The summed E-state index contributed by atoms with van der Waals surface area (Å²) in [5, 5.41) is 13.3. The zero-order chi connectivity index (χ0) is 17.5. The average Bonchev–Trinajstić information content (AvgIpc) is 2.48. The maximum absolute atomic E-state index is 12.7. The van der Waals surface area contributed by atoms with Crippen molar-refractivity contribution in [2.75, 3.05) is 25.6 Å². The molecule has 0 aromatic heterocycles. The number of halogens is 4. The Kier molecular flexibility index (Phi) is 6.88. The van der Waals surface area contributed by atoms with Crippen molar-refractivity contribution in [1.82, 2.24) is 5.32 Å². The van der Waals surface area contributed by atoms with Crippen LogP contribution < -0.4 is 10.6 Å². The summed E-state index contributed by atoms with van der Waals surface area (Å²) >= 11 is 5.49. The molecule has 0 bridgehead atoms. The van der Waals surface area contributed by atoms with Crippen LogP contribution in [0, 0.1) is 11.3 Å². The summed E-state index contributed by atoms with van der Waals surface area (Å²) in [6, 6.07) is 4.59. The van der Waals surface area contributed by atoms with Crippen LogP contribution in [0.3, 0.4) is 0 Å². The Morgan fingerprint density at radius 1 is 1.48 bits per heavy atom. The van der Waals surface area contributed by atoms with Crippen molar-refractivity contribution < 1.29 is 22.7 Å². The van der Waals surface area contributed by atoms with Crippen LogP contribution in [0.5, 0.6) is 0 Å². The lowest BCUT2D eigenvalue weighted by Gasteiger charge is -2.11. The van der Waals surface area contributed by atoms with Gasteiger partial charge in [0.2, 0.25) is 0 Å². The second-order valence-corrected chi connectivity index (χ2v) is 4.67. The van der Waals surface area contributed by atoms with E-state index in [1.165, 1.54) is 13.2 Å². The lowest BCUT2D eigenvalue weighted by Crippen LogP contribution is -2.19. The van der Waals surface area contributed by atoms with Crippen molar-refractivity contribution >= 4 is 23.2 Å². The molecule has 1 aromatic carbocycles. The monoisotopic (exact) mass is 347 g/mol. The number of carbonyl (C=O) groups excluding carboxylic acids is 1. The fraction of sp³-hybridized carbons (Fsp3) is 0.286. The first-order valence-corrected chi connectivity index (χ1v) is 6.68. The molecule has 1 rings (SSSR count). The Labute approximate surface area is 135 Å². The maximum Gasteiger partial charge on any atom is 0.417 e. The molecule has 0 unspecified atom stereocenters. The summed E-state index contributed by atoms with van der Waals surface area (Å²) in [7, 11) is 1.49. The summed E-state index contributed by atoms with van der Waals surface area (Å²) in [4.78, 5) is 11.9. The van der Waals surface area contributed by atoms with E-state index in [9.17, 15) is 18.0 Å². The Balaban J connectivity index is 2.86. The third kappa shape index (κ3) is 5.81. The van der Waals surface area contributed by atoms with Gasteiger partial charge in [-0.1, -0.05) is 11.6 Å². The Bertz CT molecular complexity index is 639. The Hall–Kier alpha value is -2.24. The van der Waals surface area contributed by atoms with Crippen molar-refractivity contribution in [1.29, 1.82) is 5.26 Å². The van der Waals surface area contributed by atoms with Gasteiger partial charge in [-0.3, -0.25) is 4.79 Å². The minimum Gasteiger partial charge on any atom is -0.387 e. The number of nitrogens with zero attached hydrogens (tertiary/aromatic N) is 1. The van der Waals surface area contributed by atoms with Gasteiger partial charge in [0.1, 0.15) is 11.6 Å². The number of hydrogen-bond acceptors (Lipinski definition) is 4. The predicted octanol–water partition coefficient (Wildman–Crippen LogP) is 2.94. The first-order valence-electron chi connectivity index (χ1n) is 6.30. The summed E-state index contributed by atoms with van der Waals surface area (Å²) < 4.78 is 43.0. The summed E-state index contributed by atoms with van der Waals surface area (Å²) in [5.41, 5.74) is -1.48. The van der Waals surface area contributed by atoms with Crippen LogP contribution in [0.4, 0.5) is 18.9 Å². The summed E-state index contributed by atoms with van der Waals surface area (Å²) in [6.45, 7) is 0.733. The number of methoxy groups -OCH3 is 1. The molecule has 1 aromatic rings. The zero-order valence-electron chi connectivity index (χ0n) is 12.0. The van der Waals surface area contributed by atoms with Crippen molar-refractivity contribution in [2.45, 2.75) is 6.18 Å². The average molecular weight is 348 g/mol. The summed E-state index contributed by atoms with van der Waals surface area (Å²) in [5.74, 6) is -0.840. The van der Waals surface area contributed by atoms with E-state index in [1.807, 2.05) is 0 Å². The van der Waals surface area contributed by atoms with Gasteiger partial charge in [-0.15, -0.1) is 0 Å². The third-order valence-corrected chi connectivity index (χ3v) is 2.92. The number of rotatable bonds is 6. The van der Waals surface area contributed by atoms with Crippen molar-refractivity contribution in [2.24, 2.45) is 0 Å². The minimum absolute atomic E-state index is 0.121.